The molecule has 4 N–H and O–H groups in total. The number of benzene rings is 1. The number of carbonyl (C=O) groups excluding carboxylic acids is 1. The van der Waals surface area contributed by atoms with Crippen molar-refractivity contribution in [1.29, 1.82) is 0 Å². The summed E-state index contributed by atoms with van der Waals surface area (Å²) in [6.07, 6.45) is 2.34. The summed E-state index contributed by atoms with van der Waals surface area (Å²) in [6, 6.07) is 11.1. The Kier molecular flexibility index (Phi) is 4.51. The summed E-state index contributed by atoms with van der Waals surface area (Å²) in [6.45, 7) is 0.176. The molecule has 3 heterocycles. The fourth-order valence-electron chi connectivity index (χ4n) is 2.75. The molecule has 0 bridgehead atoms. The van der Waals surface area contributed by atoms with Gasteiger partial charge in [0.1, 0.15) is 0 Å². The van der Waals surface area contributed by atoms with Gasteiger partial charge in [-0.15, -0.1) is 11.3 Å². The molecule has 0 aliphatic heterocycles. The van der Waals surface area contributed by atoms with Gasteiger partial charge in [0, 0.05) is 17.1 Å². The average Bonchev–Trinajstić information content (AvgIpc) is 3.40. The number of fused-ring (bicyclic) bond motifs is 1. The number of hydrogen-bond donors (Lipinski definition) is 3. The molecule has 0 saturated carbocycles. The number of amides is 1. The molecule has 7 nitrogen and oxygen atoms in total. The number of rotatable bonds is 6. The highest BCUT2D eigenvalue weighted by Gasteiger charge is 2.17. The SMILES string of the molecule is N[C@H](Cc1c[nH]c2ccccc12)C(=O)NCc1noc(-c2cccs2)n1. The van der Waals surface area contributed by atoms with Gasteiger partial charge in [-0.05, 0) is 29.5 Å². The van der Waals surface area contributed by atoms with Crippen LogP contribution in [0.1, 0.15) is 11.4 Å². The van der Waals surface area contributed by atoms with Crippen molar-refractivity contribution in [3.05, 3.63) is 59.4 Å². The van der Waals surface area contributed by atoms with Crippen molar-refractivity contribution in [1.82, 2.24) is 20.4 Å². The third-order valence-corrected chi connectivity index (χ3v) is 4.93. The standard InChI is InChI=1S/C18H17N5O2S/c19-13(8-11-9-20-14-5-2-1-4-12(11)14)17(24)21-10-16-22-18(25-23-16)15-6-3-7-26-15/h1-7,9,13,20H,8,10,19H2,(H,21,24)/t13-/m1/s1. The molecule has 4 rings (SSSR count). The zero-order valence-electron chi connectivity index (χ0n) is 13.8. The van der Waals surface area contributed by atoms with Crippen LogP contribution in [0.5, 0.6) is 0 Å². The maximum Gasteiger partial charge on any atom is 0.268 e. The van der Waals surface area contributed by atoms with Gasteiger partial charge in [0.05, 0.1) is 17.5 Å². The molecule has 3 aromatic heterocycles. The van der Waals surface area contributed by atoms with Crippen LogP contribution in [0.2, 0.25) is 0 Å². The topological polar surface area (TPSA) is 110 Å². The number of nitrogens with one attached hydrogen (secondary N) is 2. The second kappa shape index (κ2) is 7.11. The van der Waals surface area contributed by atoms with Gasteiger partial charge < -0.3 is 20.6 Å². The largest absolute Gasteiger partial charge is 0.361 e. The molecule has 1 atom stereocenters. The van der Waals surface area contributed by atoms with Gasteiger partial charge in [0.25, 0.3) is 5.89 Å². The van der Waals surface area contributed by atoms with E-state index in [0.717, 1.165) is 21.3 Å². The first-order valence-corrected chi connectivity index (χ1v) is 9.03. The van der Waals surface area contributed by atoms with E-state index < -0.39 is 6.04 Å². The van der Waals surface area contributed by atoms with Crippen LogP contribution in [0.3, 0.4) is 0 Å². The molecule has 0 fully saturated rings. The van der Waals surface area contributed by atoms with Crippen molar-refractivity contribution in [2.75, 3.05) is 0 Å². The number of hydrogen-bond acceptors (Lipinski definition) is 6. The highest BCUT2D eigenvalue weighted by Crippen LogP contribution is 2.22. The lowest BCUT2D eigenvalue weighted by Crippen LogP contribution is -2.41. The number of thiophene rings is 1. The number of carbonyl (C=O) groups is 1. The van der Waals surface area contributed by atoms with Crippen LogP contribution in [-0.2, 0) is 17.8 Å². The van der Waals surface area contributed by atoms with Crippen molar-refractivity contribution in [2.45, 2.75) is 19.0 Å². The summed E-state index contributed by atoms with van der Waals surface area (Å²) in [4.78, 5) is 20.6. The molecule has 132 valence electrons. The third kappa shape index (κ3) is 3.37. The Morgan fingerprint density at radius 3 is 3.04 bits per heavy atom. The summed E-state index contributed by atoms with van der Waals surface area (Å²) < 4.78 is 5.20. The van der Waals surface area contributed by atoms with Gasteiger partial charge in [-0.25, -0.2) is 0 Å². The van der Waals surface area contributed by atoms with Crippen LogP contribution in [-0.4, -0.2) is 27.1 Å². The van der Waals surface area contributed by atoms with Gasteiger partial charge in [-0.1, -0.05) is 29.4 Å². The molecule has 0 unspecified atom stereocenters. The lowest BCUT2D eigenvalue weighted by atomic mass is 10.1. The molecule has 0 aliphatic rings. The number of nitrogens with two attached hydrogens (primary N) is 1. The lowest BCUT2D eigenvalue weighted by molar-refractivity contribution is -0.122. The van der Waals surface area contributed by atoms with Crippen LogP contribution >= 0.6 is 11.3 Å². The highest BCUT2D eigenvalue weighted by atomic mass is 32.1. The molecule has 1 amide bonds. The fraction of sp³-hybridized carbons (Fsp3) is 0.167. The Hall–Kier alpha value is -2.97. The average molecular weight is 367 g/mol. The van der Waals surface area contributed by atoms with E-state index in [-0.39, 0.29) is 12.5 Å². The van der Waals surface area contributed by atoms with Crippen LogP contribution in [0.25, 0.3) is 21.7 Å². The van der Waals surface area contributed by atoms with E-state index in [1.807, 2.05) is 48.0 Å². The molecular weight excluding hydrogens is 350 g/mol. The molecule has 8 heteroatoms. The first kappa shape index (κ1) is 16.5. The van der Waals surface area contributed by atoms with E-state index in [2.05, 4.69) is 20.4 Å². The minimum atomic E-state index is -0.655. The second-order valence-electron chi connectivity index (χ2n) is 5.88. The summed E-state index contributed by atoms with van der Waals surface area (Å²) in [5.41, 5.74) is 8.10. The zero-order chi connectivity index (χ0) is 17.9. The number of aromatic nitrogens is 3. The quantitative estimate of drug-likeness (QED) is 0.485. The van der Waals surface area contributed by atoms with Crippen molar-refractivity contribution < 1.29 is 9.32 Å². The van der Waals surface area contributed by atoms with E-state index in [4.69, 9.17) is 10.3 Å². The van der Waals surface area contributed by atoms with Crippen molar-refractivity contribution in [3.8, 4) is 10.8 Å². The smallest absolute Gasteiger partial charge is 0.268 e. The summed E-state index contributed by atoms with van der Waals surface area (Å²) >= 11 is 1.52. The van der Waals surface area contributed by atoms with Gasteiger partial charge in [0.2, 0.25) is 5.91 Å². The normalized spacial score (nSPS) is 12.3. The fourth-order valence-corrected chi connectivity index (χ4v) is 3.40. The van der Waals surface area contributed by atoms with Crippen molar-refractivity contribution >= 4 is 28.1 Å². The van der Waals surface area contributed by atoms with E-state index in [0.29, 0.717) is 18.1 Å². The lowest BCUT2D eigenvalue weighted by Gasteiger charge is -2.10. The van der Waals surface area contributed by atoms with Crippen LogP contribution in [0.15, 0.2) is 52.5 Å². The Balaban J connectivity index is 1.36. The Morgan fingerprint density at radius 1 is 1.31 bits per heavy atom. The van der Waals surface area contributed by atoms with E-state index in [9.17, 15) is 4.79 Å². The van der Waals surface area contributed by atoms with E-state index >= 15 is 0 Å². The van der Waals surface area contributed by atoms with Crippen molar-refractivity contribution in [3.63, 3.8) is 0 Å². The Morgan fingerprint density at radius 2 is 2.19 bits per heavy atom. The van der Waals surface area contributed by atoms with Gasteiger partial charge in [-0.3, -0.25) is 4.79 Å². The van der Waals surface area contributed by atoms with Crippen LogP contribution < -0.4 is 11.1 Å². The predicted molar refractivity (Wildman–Crippen MR) is 99.4 cm³/mol. The maximum absolute atomic E-state index is 12.3. The summed E-state index contributed by atoms with van der Waals surface area (Å²) in [5, 5.41) is 9.66. The second-order valence-corrected chi connectivity index (χ2v) is 6.83. The molecule has 4 aromatic rings. The number of para-hydroxylation sites is 1. The number of nitrogens with zero attached hydrogens (tertiary/aromatic N) is 2. The molecular formula is C18H17N5O2S. The molecule has 0 aliphatic carbocycles. The third-order valence-electron chi connectivity index (χ3n) is 4.07. The molecule has 0 spiro atoms. The highest BCUT2D eigenvalue weighted by molar-refractivity contribution is 7.13. The monoisotopic (exact) mass is 367 g/mol. The minimum absolute atomic E-state index is 0.176. The predicted octanol–water partition coefficient (Wildman–Crippen LogP) is 2.47. The molecule has 0 saturated heterocycles. The first-order valence-electron chi connectivity index (χ1n) is 8.15. The Labute approximate surface area is 153 Å². The minimum Gasteiger partial charge on any atom is -0.361 e. The summed E-state index contributed by atoms with van der Waals surface area (Å²) in [7, 11) is 0. The summed E-state index contributed by atoms with van der Waals surface area (Å²) in [5.74, 6) is 0.617. The van der Waals surface area contributed by atoms with Crippen LogP contribution in [0, 0.1) is 0 Å². The number of aromatic amines is 1. The van der Waals surface area contributed by atoms with E-state index in [1.165, 1.54) is 11.3 Å². The molecule has 1 aromatic carbocycles. The van der Waals surface area contributed by atoms with Gasteiger partial charge in [-0.2, -0.15) is 4.98 Å². The van der Waals surface area contributed by atoms with Crippen LogP contribution in [0.4, 0.5) is 0 Å². The zero-order valence-corrected chi connectivity index (χ0v) is 14.6. The van der Waals surface area contributed by atoms with Gasteiger partial charge in [0.15, 0.2) is 5.82 Å². The van der Waals surface area contributed by atoms with E-state index in [1.54, 1.807) is 0 Å². The number of H-pyrrole nitrogens is 1. The van der Waals surface area contributed by atoms with Gasteiger partial charge >= 0.3 is 0 Å². The molecule has 26 heavy (non-hydrogen) atoms. The first-order chi connectivity index (χ1) is 12.7. The maximum atomic E-state index is 12.3. The Bertz CT molecular complexity index is 1020. The molecule has 0 radical (unpaired) electrons. The van der Waals surface area contributed by atoms with Crippen molar-refractivity contribution in [2.24, 2.45) is 5.73 Å².